The fourth-order valence-corrected chi connectivity index (χ4v) is 1.29. The van der Waals surface area contributed by atoms with Gasteiger partial charge in [0.2, 0.25) is 0 Å². The van der Waals surface area contributed by atoms with Crippen LogP contribution in [0, 0.1) is 5.92 Å². The third kappa shape index (κ3) is 5.30. The Morgan fingerprint density at radius 3 is 2.47 bits per heavy atom. The molecule has 0 saturated heterocycles. The van der Waals surface area contributed by atoms with E-state index in [0.29, 0.717) is 0 Å². The summed E-state index contributed by atoms with van der Waals surface area (Å²) in [4.78, 5) is 4.16. The summed E-state index contributed by atoms with van der Waals surface area (Å²) in [5.41, 5.74) is 2.23. The minimum atomic E-state index is 0. The Morgan fingerprint density at radius 1 is 1.24 bits per heavy atom. The summed E-state index contributed by atoms with van der Waals surface area (Å²) in [6.07, 6.45) is 13.6. The van der Waals surface area contributed by atoms with E-state index in [1.807, 2.05) is 57.4 Å². The van der Waals surface area contributed by atoms with E-state index in [-0.39, 0.29) is 1.43 Å². The van der Waals surface area contributed by atoms with E-state index in [2.05, 4.69) is 24.2 Å². The molecule has 1 nitrogen and oxygen atoms in total. The Labute approximate surface area is 107 Å². The van der Waals surface area contributed by atoms with Crippen molar-refractivity contribution in [2.45, 2.75) is 20.8 Å². The molecule has 0 unspecified atom stereocenters. The van der Waals surface area contributed by atoms with Crippen molar-refractivity contribution in [3.63, 3.8) is 0 Å². The lowest BCUT2D eigenvalue weighted by Gasteiger charge is -2.13. The molecule has 0 fully saturated rings. The fourth-order valence-electron chi connectivity index (χ4n) is 1.29. The van der Waals surface area contributed by atoms with Crippen molar-refractivity contribution in [2.75, 3.05) is 6.54 Å². The van der Waals surface area contributed by atoms with Gasteiger partial charge in [-0.25, -0.2) is 0 Å². The molecule has 93 valence electrons. The normalized spacial score (nSPS) is 17.6. The number of aliphatic imine (C=N–C) groups is 1. The van der Waals surface area contributed by atoms with Crippen LogP contribution >= 0.6 is 0 Å². The largest absolute Gasteiger partial charge is 0.293 e. The molecular formula is C16H24N. The average molecular weight is 230 g/mol. The van der Waals surface area contributed by atoms with Crippen LogP contribution in [0.3, 0.4) is 0 Å². The molecule has 1 rings (SSSR count). The van der Waals surface area contributed by atoms with Gasteiger partial charge in [-0.15, -0.1) is 6.58 Å². The van der Waals surface area contributed by atoms with Gasteiger partial charge in [0.15, 0.2) is 0 Å². The number of hydrogen-bond donors (Lipinski definition) is 0. The third-order valence-corrected chi connectivity index (χ3v) is 2.11. The van der Waals surface area contributed by atoms with Crippen molar-refractivity contribution >= 4 is 6.21 Å². The Kier molecular flexibility index (Phi) is 8.67. The fraction of sp³-hybridized carbons (Fsp3) is 0.250. The molecule has 1 radical (unpaired) electrons. The maximum atomic E-state index is 4.16. The second-order valence-corrected chi connectivity index (χ2v) is 3.11. The highest BCUT2D eigenvalue weighted by Crippen LogP contribution is 2.24. The van der Waals surface area contributed by atoms with Crippen molar-refractivity contribution < 1.29 is 1.43 Å². The Bertz CT molecular complexity index is 359. The van der Waals surface area contributed by atoms with Crippen molar-refractivity contribution in [3.8, 4) is 0 Å². The van der Waals surface area contributed by atoms with Crippen molar-refractivity contribution in [1.29, 1.82) is 0 Å². The topological polar surface area (TPSA) is 12.4 Å². The van der Waals surface area contributed by atoms with E-state index >= 15 is 0 Å². The summed E-state index contributed by atoms with van der Waals surface area (Å²) in [5.74, 6) is 1.11. The van der Waals surface area contributed by atoms with Crippen LogP contribution in [0.25, 0.3) is 0 Å². The molecule has 0 atom stereocenters. The quantitative estimate of drug-likeness (QED) is 0.620. The van der Waals surface area contributed by atoms with Crippen LogP contribution in [0.15, 0.2) is 65.8 Å². The average Bonchev–Trinajstić information content (AvgIpc) is 2.41. The van der Waals surface area contributed by atoms with Crippen LogP contribution in [-0.2, 0) is 0 Å². The number of hydrogen-bond acceptors (Lipinski definition) is 1. The number of rotatable bonds is 4. The first-order valence-corrected chi connectivity index (χ1v) is 6.04. The number of nitrogens with zero attached hydrogens (tertiary/aromatic N) is 1. The Hall–Kier alpha value is -1.63. The molecule has 0 aliphatic heterocycles. The predicted molar refractivity (Wildman–Crippen MR) is 81.4 cm³/mol. The summed E-state index contributed by atoms with van der Waals surface area (Å²) >= 11 is 0. The molecule has 0 bridgehead atoms. The summed E-state index contributed by atoms with van der Waals surface area (Å²) in [6.45, 7) is 14.4. The maximum absolute atomic E-state index is 4.16. The predicted octanol–water partition coefficient (Wildman–Crippen LogP) is 4.72. The zero-order valence-corrected chi connectivity index (χ0v) is 11.1. The molecule has 1 aliphatic rings. The van der Waals surface area contributed by atoms with Crippen LogP contribution in [0.1, 0.15) is 22.2 Å². The van der Waals surface area contributed by atoms with Gasteiger partial charge in [0.25, 0.3) is 0 Å². The second kappa shape index (κ2) is 9.59. The van der Waals surface area contributed by atoms with Crippen molar-refractivity contribution in [1.82, 2.24) is 0 Å². The van der Waals surface area contributed by atoms with E-state index in [1.165, 1.54) is 0 Å². The van der Waals surface area contributed by atoms with Gasteiger partial charge in [-0.2, -0.15) is 0 Å². The van der Waals surface area contributed by atoms with E-state index < -0.39 is 0 Å². The first-order valence-electron chi connectivity index (χ1n) is 6.04. The lowest BCUT2D eigenvalue weighted by Crippen LogP contribution is -1.98. The molecule has 1 aliphatic carbocycles. The molecule has 0 saturated carbocycles. The van der Waals surface area contributed by atoms with Crippen molar-refractivity contribution in [3.05, 3.63) is 66.7 Å². The number of allylic oxidation sites excluding steroid dienone is 8. The SMILES string of the molecule is C=C[C]1C=CC(C=C)=C/C1=C/C=NCC.CC.[HH]. The van der Waals surface area contributed by atoms with E-state index in [4.69, 9.17) is 0 Å². The van der Waals surface area contributed by atoms with Crippen LogP contribution in [0.2, 0.25) is 0 Å². The zero-order valence-electron chi connectivity index (χ0n) is 11.1. The molecule has 0 aromatic carbocycles. The lowest BCUT2D eigenvalue weighted by atomic mass is 9.91. The van der Waals surface area contributed by atoms with Crippen LogP contribution in [0.4, 0.5) is 0 Å². The molecule has 17 heavy (non-hydrogen) atoms. The third-order valence-electron chi connectivity index (χ3n) is 2.11. The van der Waals surface area contributed by atoms with Crippen molar-refractivity contribution in [2.24, 2.45) is 4.99 Å². The Morgan fingerprint density at radius 2 is 1.94 bits per heavy atom. The van der Waals surface area contributed by atoms with E-state index in [1.54, 1.807) is 0 Å². The van der Waals surface area contributed by atoms with Gasteiger partial charge < -0.3 is 0 Å². The molecule has 0 aromatic heterocycles. The molecular weight excluding hydrogens is 206 g/mol. The molecule has 0 amide bonds. The maximum Gasteiger partial charge on any atom is 0.0480 e. The highest BCUT2D eigenvalue weighted by molar-refractivity contribution is 5.76. The van der Waals surface area contributed by atoms with Gasteiger partial charge in [-0.1, -0.05) is 50.8 Å². The molecule has 1 heteroatoms. The highest BCUT2D eigenvalue weighted by Gasteiger charge is 2.09. The molecule has 0 aromatic rings. The first-order chi connectivity index (χ1) is 8.31. The zero-order chi connectivity index (χ0) is 13.1. The first kappa shape index (κ1) is 15.4. The van der Waals surface area contributed by atoms with Crippen LogP contribution in [-0.4, -0.2) is 12.8 Å². The molecule has 0 N–H and O–H groups in total. The van der Waals surface area contributed by atoms with E-state index in [0.717, 1.165) is 23.6 Å². The van der Waals surface area contributed by atoms with E-state index in [9.17, 15) is 0 Å². The minimum Gasteiger partial charge on any atom is -0.293 e. The van der Waals surface area contributed by atoms with Crippen LogP contribution in [0.5, 0.6) is 0 Å². The summed E-state index contributed by atoms with van der Waals surface area (Å²) in [6, 6.07) is 0. The summed E-state index contributed by atoms with van der Waals surface area (Å²) in [5, 5.41) is 0. The minimum absolute atomic E-state index is 0. The monoisotopic (exact) mass is 230 g/mol. The Balaban J connectivity index is 0. The smallest absolute Gasteiger partial charge is 0.0480 e. The van der Waals surface area contributed by atoms with Gasteiger partial charge in [-0.05, 0) is 24.1 Å². The molecule has 0 heterocycles. The molecule has 0 spiro atoms. The summed E-state index contributed by atoms with van der Waals surface area (Å²) < 4.78 is 0. The van der Waals surface area contributed by atoms with Gasteiger partial charge >= 0.3 is 0 Å². The second-order valence-electron chi connectivity index (χ2n) is 3.11. The summed E-state index contributed by atoms with van der Waals surface area (Å²) in [7, 11) is 0. The van der Waals surface area contributed by atoms with Gasteiger partial charge in [0.1, 0.15) is 0 Å². The van der Waals surface area contributed by atoms with Gasteiger partial charge in [0.05, 0.1) is 0 Å². The standard InChI is InChI=1S/C14H16N.C2H6.H2/c1-4-12-7-8-13(5-2)14(11-12)9-10-15-6-3;1-2;/h4-5,7-11H,1-2,6H2,3H3;1-2H3;1H/b14-9-,15-10?;;. The van der Waals surface area contributed by atoms with Gasteiger partial charge in [0, 0.05) is 20.1 Å². The van der Waals surface area contributed by atoms with Crippen LogP contribution < -0.4 is 0 Å². The highest BCUT2D eigenvalue weighted by atomic mass is 14.7. The lowest BCUT2D eigenvalue weighted by molar-refractivity contribution is 1.14. The van der Waals surface area contributed by atoms with Gasteiger partial charge in [-0.3, -0.25) is 4.99 Å².